The van der Waals surface area contributed by atoms with E-state index in [1.54, 1.807) is 0 Å². The quantitative estimate of drug-likeness (QED) is 0.590. The highest BCUT2D eigenvalue weighted by atomic mass is 35.5. The fraction of sp³-hybridized carbons (Fsp3) is 0.333. The molecular weight excluding hydrogens is 382 g/mol. The van der Waals surface area contributed by atoms with Gasteiger partial charge in [-0.25, -0.2) is 4.98 Å². The number of carbonyl (C=O) groups excluding carboxylic acids is 1. The predicted molar refractivity (Wildman–Crippen MR) is 116 cm³/mol. The summed E-state index contributed by atoms with van der Waals surface area (Å²) in [6, 6.07) is 16.4. The van der Waals surface area contributed by atoms with E-state index in [1.807, 2.05) is 36.7 Å². The average molecular weight is 406 g/mol. The van der Waals surface area contributed by atoms with Crippen LogP contribution < -0.4 is 0 Å². The number of aromatic nitrogens is 2. The van der Waals surface area contributed by atoms with E-state index < -0.39 is 0 Å². The lowest BCUT2D eigenvalue weighted by Gasteiger charge is -2.17. The van der Waals surface area contributed by atoms with Crippen molar-refractivity contribution >= 4 is 17.5 Å². The summed E-state index contributed by atoms with van der Waals surface area (Å²) >= 11 is 5.99. The van der Waals surface area contributed by atoms with Gasteiger partial charge in [0, 0.05) is 48.5 Å². The minimum absolute atomic E-state index is 0.316. The summed E-state index contributed by atoms with van der Waals surface area (Å²) in [5, 5.41) is 0.747. The van der Waals surface area contributed by atoms with Crippen LogP contribution in [0, 0.1) is 11.8 Å². The van der Waals surface area contributed by atoms with Crippen LogP contribution in [0.15, 0.2) is 60.9 Å². The van der Waals surface area contributed by atoms with Crippen LogP contribution in [0.3, 0.4) is 0 Å². The Morgan fingerprint density at radius 2 is 1.62 bits per heavy atom. The lowest BCUT2D eigenvalue weighted by Crippen LogP contribution is -2.30. The molecule has 1 aromatic heterocycles. The van der Waals surface area contributed by atoms with Crippen molar-refractivity contribution in [2.24, 2.45) is 11.8 Å². The molecule has 0 N–H and O–H groups in total. The molecule has 148 valence electrons. The molecule has 0 spiro atoms. The van der Waals surface area contributed by atoms with Crippen molar-refractivity contribution in [3.8, 4) is 22.5 Å². The highest BCUT2D eigenvalue weighted by Crippen LogP contribution is 2.33. The third kappa shape index (κ3) is 3.95. The lowest BCUT2D eigenvalue weighted by molar-refractivity contribution is -0.131. The van der Waals surface area contributed by atoms with Crippen LogP contribution in [0.4, 0.5) is 0 Å². The molecule has 2 heterocycles. The highest BCUT2D eigenvalue weighted by molar-refractivity contribution is 6.30. The van der Waals surface area contributed by atoms with E-state index in [-0.39, 0.29) is 0 Å². The second kappa shape index (κ2) is 7.68. The zero-order valence-electron chi connectivity index (χ0n) is 16.3. The van der Waals surface area contributed by atoms with Gasteiger partial charge < -0.3 is 9.47 Å². The van der Waals surface area contributed by atoms with Gasteiger partial charge in [0.2, 0.25) is 5.91 Å². The molecule has 2 aliphatic rings. The monoisotopic (exact) mass is 405 g/mol. The van der Waals surface area contributed by atoms with Gasteiger partial charge in [-0.05, 0) is 48.4 Å². The maximum Gasteiger partial charge on any atom is 0.225 e. The maximum atomic E-state index is 12.3. The van der Waals surface area contributed by atoms with Crippen LogP contribution >= 0.6 is 11.6 Å². The Bertz CT molecular complexity index is 1010. The topological polar surface area (TPSA) is 38.1 Å². The summed E-state index contributed by atoms with van der Waals surface area (Å²) in [7, 11) is 0. The number of likely N-dealkylation sites (tertiary alicyclic amines) is 1. The number of nitrogens with zero attached hydrogens (tertiary/aromatic N) is 3. The Balaban J connectivity index is 1.29. The molecule has 5 rings (SSSR count). The smallest absolute Gasteiger partial charge is 0.225 e. The molecule has 2 aromatic carbocycles. The minimum atomic E-state index is 0.316. The van der Waals surface area contributed by atoms with Crippen LogP contribution in [-0.2, 0) is 11.3 Å². The number of carbonyl (C=O) groups is 1. The largest absolute Gasteiger partial charge is 0.342 e. The Morgan fingerprint density at radius 3 is 2.31 bits per heavy atom. The zero-order chi connectivity index (χ0) is 19.8. The number of rotatable bonds is 5. The lowest BCUT2D eigenvalue weighted by atomic mass is 10.0. The highest BCUT2D eigenvalue weighted by Gasteiger charge is 2.36. The third-order valence-corrected chi connectivity index (χ3v) is 6.27. The Labute approximate surface area is 176 Å². The molecule has 5 heteroatoms. The first-order chi connectivity index (χ1) is 14.2. The molecule has 0 radical (unpaired) electrons. The maximum absolute atomic E-state index is 12.3. The first kappa shape index (κ1) is 18.4. The van der Waals surface area contributed by atoms with E-state index in [0.717, 1.165) is 66.4 Å². The fourth-order valence-corrected chi connectivity index (χ4v) is 4.35. The standard InChI is InChI=1S/C24H24ClN3O/c25-22-9-7-19(8-10-22)18-1-3-20(4-2-18)23-26-12-14-27(23)15-17-11-13-28(16-17)24(29)21-5-6-21/h1-4,7-10,12,14,17,21H,5-6,11,13,15-16H2/t17-/m0/s1. The van der Waals surface area contributed by atoms with Gasteiger partial charge in [0.05, 0.1) is 0 Å². The van der Waals surface area contributed by atoms with Crippen molar-refractivity contribution in [1.82, 2.24) is 14.5 Å². The first-order valence-electron chi connectivity index (χ1n) is 10.3. The van der Waals surface area contributed by atoms with Crippen LogP contribution in [0.2, 0.25) is 5.02 Å². The van der Waals surface area contributed by atoms with Gasteiger partial charge in [0.1, 0.15) is 5.82 Å². The van der Waals surface area contributed by atoms with Gasteiger partial charge in [-0.2, -0.15) is 0 Å². The zero-order valence-corrected chi connectivity index (χ0v) is 17.1. The van der Waals surface area contributed by atoms with Crippen molar-refractivity contribution < 1.29 is 4.79 Å². The minimum Gasteiger partial charge on any atom is -0.342 e. The Kier molecular flexibility index (Phi) is 4.88. The molecule has 0 bridgehead atoms. The van der Waals surface area contributed by atoms with Crippen LogP contribution in [-0.4, -0.2) is 33.4 Å². The Hall–Kier alpha value is -2.59. The summed E-state index contributed by atoms with van der Waals surface area (Å²) in [4.78, 5) is 19.0. The first-order valence-corrected chi connectivity index (χ1v) is 10.7. The van der Waals surface area contributed by atoms with E-state index in [2.05, 4.69) is 38.7 Å². The molecule has 1 amide bonds. The van der Waals surface area contributed by atoms with Gasteiger partial charge in [-0.1, -0.05) is 48.0 Å². The van der Waals surface area contributed by atoms with E-state index >= 15 is 0 Å². The molecule has 1 aliphatic heterocycles. The number of imidazole rings is 1. The van der Waals surface area contributed by atoms with Gasteiger partial charge in [-0.3, -0.25) is 4.79 Å². The predicted octanol–water partition coefficient (Wildman–Crippen LogP) is 5.13. The van der Waals surface area contributed by atoms with Crippen LogP contribution in [0.25, 0.3) is 22.5 Å². The molecule has 1 saturated heterocycles. The molecule has 1 saturated carbocycles. The van der Waals surface area contributed by atoms with Crippen molar-refractivity contribution in [1.29, 1.82) is 0 Å². The number of amides is 1. The molecule has 4 nitrogen and oxygen atoms in total. The molecular formula is C24H24ClN3O. The van der Waals surface area contributed by atoms with E-state index in [1.165, 1.54) is 0 Å². The summed E-state index contributed by atoms with van der Waals surface area (Å²) in [6.07, 6.45) is 7.15. The molecule has 3 aromatic rings. The van der Waals surface area contributed by atoms with Gasteiger partial charge in [-0.15, -0.1) is 0 Å². The summed E-state index contributed by atoms with van der Waals surface area (Å²) in [5.74, 6) is 2.17. The van der Waals surface area contributed by atoms with E-state index in [4.69, 9.17) is 11.6 Å². The number of halogens is 1. The number of hydrogen-bond acceptors (Lipinski definition) is 2. The van der Waals surface area contributed by atoms with Gasteiger partial charge in [0.25, 0.3) is 0 Å². The van der Waals surface area contributed by atoms with Gasteiger partial charge in [0.15, 0.2) is 0 Å². The molecule has 0 unspecified atom stereocenters. The Morgan fingerprint density at radius 1 is 0.966 bits per heavy atom. The molecule has 1 atom stereocenters. The second-order valence-electron chi connectivity index (χ2n) is 8.20. The number of benzene rings is 2. The fourth-order valence-electron chi connectivity index (χ4n) is 4.22. The summed E-state index contributed by atoms with van der Waals surface area (Å²) in [5.41, 5.74) is 3.42. The molecule has 1 aliphatic carbocycles. The van der Waals surface area contributed by atoms with Crippen molar-refractivity contribution in [3.63, 3.8) is 0 Å². The normalized spacial score (nSPS) is 18.9. The van der Waals surface area contributed by atoms with Crippen LogP contribution in [0.5, 0.6) is 0 Å². The van der Waals surface area contributed by atoms with Crippen molar-refractivity contribution in [2.45, 2.75) is 25.8 Å². The summed E-state index contributed by atoms with van der Waals surface area (Å²) in [6.45, 7) is 2.69. The SMILES string of the molecule is O=C(C1CC1)N1CC[C@@H](Cn2ccnc2-c2ccc(-c3ccc(Cl)cc3)cc2)C1. The molecule has 29 heavy (non-hydrogen) atoms. The number of hydrogen-bond donors (Lipinski definition) is 0. The summed E-state index contributed by atoms with van der Waals surface area (Å²) < 4.78 is 2.23. The van der Waals surface area contributed by atoms with Crippen molar-refractivity contribution in [2.75, 3.05) is 13.1 Å². The van der Waals surface area contributed by atoms with E-state index in [0.29, 0.717) is 17.7 Å². The van der Waals surface area contributed by atoms with Crippen molar-refractivity contribution in [3.05, 3.63) is 65.9 Å². The third-order valence-electron chi connectivity index (χ3n) is 6.02. The molecule has 2 fully saturated rings. The van der Waals surface area contributed by atoms with Crippen LogP contribution in [0.1, 0.15) is 19.3 Å². The average Bonchev–Trinajstić information content (AvgIpc) is 3.32. The second-order valence-corrected chi connectivity index (χ2v) is 8.64. The van der Waals surface area contributed by atoms with E-state index in [9.17, 15) is 4.79 Å². The van der Waals surface area contributed by atoms with Gasteiger partial charge >= 0.3 is 0 Å².